The molecule has 0 amide bonds. The average molecular weight is 828 g/mol. The quantitative estimate of drug-likeness (QED) is 0.129. The number of hydrogen-bond donors (Lipinski definition) is 0. The normalized spacial score (nSPS) is 11.2. The van der Waals surface area contributed by atoms with Crippen molar-refractivity contribution in [2.45, 2.75) is 60.3 Å². The molecule has 0 unspecified atom stereocenters. The summed E-state index contributed by atoms with van der Waals surface area (Å²) >= 11 is 0. The van der Waals surface area contributed by atoms with Crippen molar-refractivity contribution in [2.24, 2.45) is 0 Å². The number of hydrogen-bond acceptors (Lipinski definition) is 4. The Bertz CT molecular complexity index is 2250. The van der Waals surface area contributed by atoms with Crippen LogP contribution in [0.3, 0.4) is 0 Å². The van der Waals surface area contributed by atoms with Gasteiger partial charge in [-0.25, -0.2) is 4.98 Å². The molecule has 0 bridgehead atoms. The minimum absolute atomic E-state index is 0. The summed E-state index contributed by atoms with van der Waals surface area (Å²) in [7, 11) is 1.66. The number of methoxy groups -OCH3 is 1. The van der Waals surface area contributed by atoms with Gasteiger partial charge in [0.15, 0.2) is 0 Å². The third-order valence-corrected chi connectivity index (χ3v) is 9.46. The number of pyridine rings is 1. The fourth-order valence-electron chi connectivity index (χ4n) is 6.92. The Morgan fingerprint density at radius 2 is 1.51 bits per heavy atom. The van der Waals surface area contributed by atoms with E-state index >= 15 is 0 Å². The number of benzene rings is 4. The van der Waals surface area contributed by atoms with Crippen molar-refractivity contribution in [3.63, 3.8) is 0 Å². The maximum absolute atomic E-state index is 6.41. The van der Waals surface area contributed by atoms with E-state index in [0.717, 1.165) is 70.3 Å². The first kappa shape index (κ1) is 34.2. The Labute approximate surface area is 303 Å². The van der Waals surface area contributed by atoms with Crippen LogP contribution in [-0.2, 0) is 33.9 Å². The average Bonchev–Trinajstić information content (AvgIpc) is 3.73. The molecule has 250 valence electrons. The Balaban J connectivity index is 0.00000417. The first-order valence-electron chi connectivity index (χ1n) is 16.7. The molecular weight excluding hydrogens is 788 g/mol. The molecule has 0 saturated heterocycles. The third-order valence-electron chi connectivity index (χ3n) is 9.46. The second-order valence-corrected chi connectivity index (χ2v) is 12.4. The molecule has 0 N–H and O–H groups in total. The number of nitrogens with zero attached hydrogens (tertiary/aromatic N) is 4. The molecule has 3 aromatic heterocycles. The van der Waals surface area contributed by atoms with Gasteiger partial charge in [0.2, 0.25) is 0 Å². The number of ether oxygens (including phenoxy) is 2. The molecule has 7 heteroatoms. The molecule has 0 aliphatic heterocycles. The first-order chi connectivity index (χ1) is 23.4. The van der Waals surface area contributed by atoms with Gasteiger partial charge in [0.05, 0.1) is 13.3 Å². The van der Waals surface area contributed by atoms with Crippen molar-refractivity contribution in [3.8, 4) is 39.9 Å². The summed E-state index contributed by atoms with van der Waals surface area (Å²) < 4.78 is 15.9. The van der Waals surface area contributed by atoms with E-state index in [0.29, 0.717) is 11.5 Å². The molecule has 7 rings (SSSR count). The van der Waals surface area contributed by atoms with E-state index in [4.69, 9.17) is 14.6 Å². The number of para-hydroxylation sites is 1. The predicted octanol–water partition coefficient (Wildman–Crippen LogP) is 10.3. The molecule has 0 aliphatic carbocycles. The van der Waals surface area contributed by atoms with Crippen LogP contribution in [-0.4, -0.2) is 26.4 Å². The van der Waals surface area contributed by atoms with Crippen molar-refractivity contribution in [1.82, 2.24) is 19.3 Å². The molecule has 0 saturated carbocycles. The van der Waals surface area contributed by atoms with Crippen LogP contribution in [0.1, 0.15) is 54.5 Å². The zero-order valence-electron chi connectivity index (χ0n) is 28.8. The van der Waals surface area contributed by atoms with Gasteiger partial charge in [-0.15, -0.1) is 35.7 Å². The van der Waals surface area contributed by atoms with E-state index < -0.39 is 0 Å². The van der Waals surface area contributed by atoms with E-state index in [9.17, 15) is 0 Å². The van der Waals surface area contributed by atoms with Crippen LogP contribution < -0.4 is 9.47 Å². The maximum atomic E-state index is 6.41. The summed E-state index contributed by atoms with van der Waals surface area (Å²) in [6.45, 7) is 11.3. The van der Waals surface area contributed by atoms with Crippen LogP contribution in [0.2, 0.25) is 0 Å². The summed E-state index contributed by atoms with van der Waals surface area (Å²) in [5.74, 6) is 2.66. The van der Waals surface area contributed by atoms with Gasteiger partial charge in [0, 0.05) is 41.0 Å². The van der Waals surface area contributed by atoms with Crippen molar-refractivity contribution in [3.05, 3.63) is 125 Å². The standard InChI is InChI=1S/C42H40N4O2.Pt/c1-7-12-35-28(4)27(3)29(5)36(13-8-2)42(35)30-25-44-45(26-30)31-14-11-15-33(22-31)48-34-18-19-38-37-16-9-10-17-39(37)46(40(38)23-34)41-24-32(47-6)20-21-43-41;/h9-11,14-21,24-26H,7-8,12-13H2,1-6H3;/q-2;+2. The molecule has 0 atom stereocenters. The minimum Gasteiger partial charge on any atom is -0.509 e. The monoisotopic (exact) mass is 827 g/mol. The van der Waals surface area contributed by atoms with Crippen LogP contribution in [0, 0.1) is 32.9 Å². The number of fused-ring (bicyclic) bond motifs is 3. The maximum Gasteiger partial charge on any atom is 2.00 e. The fraction of sp³-hybridized carbons (Fsp3) is 0.238. The molecule has 49 heavy (non-hydrogen) atoms. The van der Waals surface area contributed by atoms with Crippen LogP contribution in [0.15, 0.2) is 85.3 Å². The zero-order chi connectivity index (χ0) is 33.4. The van der Waals surface area contributed by atoms with Gasteiger partial charge in [-0.05, 0) is 90.2 Å². The smallest absolute Gasteiger partial charge is 0.509 e. The summed E-state index contributed by atoms with van der Waals surface area (Å²) in [6.07, 6.45) is 10.2. The summed E-state index contributed by atoms with van der Waals surface area (Å²) in [6, 6.07) is 29.0. The van der Waals surface area contributed by atoms with E-state index in [1.807, 2.05) is 59.4 Å². The second kappa shape index (κ2) is 14.4. The van der Waals surface area contributed by atoms with Crippen LogP contribution >= 0.6 is 0 Å². The Morgan fingerprint density at radius 3 is 2.24 bits per heavy atom. The van der Waals surface area contributed by atoms with Crippen LogP contribution in [0.25, 0.3) is 44.4 Å². The van der Waals surface area contributed by atoms with E-state index in [1.165, 1.54) is 33.4 Å². The molecular formula is C42H40N4O2Pt. The van der Waals surface area contributed by atoms with E-state index in [-0.39, 0.29) is 21.1 Å². The van der Waals surface area contributed by atoms with Gasteiger partial charge in [-0.2, -0.15) is 17.2 Å². The van der Waals surface area contributed by atoms with Gasteiger partial charge >= 0.3 is 21.1 Å². The van der Waals surface area contributed by atoms with Gasteiger partial charge in [-0.1, -0.05) is 50.4 Å². The van der Waals surface area contributed by atoms with Gasteiger partial charge in [0.1, 0.15) is 11.6 Å². The van der Waals surface area contributed by atoms with Gasteiger partial charge in [-0.3, -0.25) is 4.68 Å². The Kier molecular flexibility index (Phi) is 10.1. The van der Waals surface area contributed by atoms with E-state index in [1.54, 1.807) is 13.3 Å². The Morgan fingerprint density at radius 1 is 0.776 bits per heavy atom. The molecule has 3 heterocycles. The molecule has 6 nitrogen and oxygen atoms in total. The number of aromatic nitrogens is 4. The molecule has 0 spiro atoms. The third kappa shape index (κ3) is 6.31. The molecule has 0 aliphatic rings. The van der Waals surface area contributed by atoms with Crippen molar-refractivity contribution < 1.29 is 30.5 Å². The molecule has 4 aromatic carbocycles. The van der Waals surface area contributed by atoms with Crippen LogP contribution in [0.5, 0.6) is 17.2 Å². The second-order valence-electron chi connectivity index (χ2n) is 12.4. The number of rotatable bonds is 10. The zero-order valence-corrected chi connectivity index (χ0v) is 31.1. The van der Waals surface area contributed by atoms with Crippen LogP contribution in [0.4, 0.5) is 0 Å². The van der Waals surface area contributed by atoms with E-state index in [2.05, 4.69) is 80.7 Å². The SMILES string of the molecule is CCCc1c(C)c(C)c(C)c(CCC)c1-c1cnn(-c2[c-]c(Oc3[c-]c4c(cc3)c3ccccc3n4-c3cc(OC)ccn3)ccc2)c1.[Pt+2]. The summed E-state index contributed by atoms with van der Waals surface area (Å²) in [5.41, 5.74) is 12.3. The summed E-state index contributed by atoms with van der Waals surface area (Å²) in [4.78, 5) is 4.66. The molecule has 0 radical (unpaired) electrons. The first-order valence-corrected chi connectivity index (χ1v) is 16.7. The fourth-order valence-corrected chi connectivity index (χ4v) is 6.92. The van der Waals surface area contributed by atoms with Crippen molar-refractivity contribution >= 4 is 21.8 Å². The minimum atomic E-state index is 0. The van der Waals surface area contributed by atoms with Crippen molar-refractivity contribution in [1.29, 1.82) is 0 Å². The largest absolute Gasteiger partial charge is 2.00 e. The van der Waals surface area contributed by atoms with Crippen molar-refractivity contribution in [2.75, 3.05) is 7.11 Å². The predicted molar refractivity (Wildman–Crippen MR) is 194 cm³/mol. The topological polar surface area (TPSA) is 54.1 Å². The Hall–Kier alpha value is -4.67. The molecule has 7 aromatic rings. The van der Waals surface area contributed by atoms with Gasteiger partial charge in [0.25, 0.3) is 0 Å². The summed E-state index contributed by atoms with van der Waals surface area (Å²) in [5, 5.41) is 7.00. The van der Waals surface area contributed by atoms with Gasteiger partial charge < -0.3 is 14.0 Å². The molecule has 0 fully saturated rings.